The molecule has 0 saturated heterocycles. The molecule has 0 fully saturated rings. The zero-order valence-corrected chi connectivity index (χ0v) is 12.9. The molecule has 0 N–H and O–H groups in total. The van der Waals surface area contributed by atoms with Gasteiger partial charge in [-0.3, -0.25) is 4.79 Å². The largest absolute Gasteiger partial charge is 0.338 e. The van der Waals surface area contributed by atoms with E-state index in [9.17, 15) is 4.79 Å². The molecule has 1 unspecified atom stereocenters. The van der Waals surface area contributed by atoms with E-state index < -0.39 is 0 Å². The van der Waals surface area contributed by atoms with Crippen molar-refractivity contribution in [2.24, 2.45) is 0 Å². The predicted octanol–water partition coefficient (Wildman–Crippen LogP) is 3.96. The lowest BCUT2D eigenvalue weighted by Crippen LogP contribution is -2.36. The number of alkyl halides is 1. The van der Waals surface area contributed by atoms with Crippen LogP contribution in [0.1, 0.15) is 17.3 Å². The minimum atomic E-state index is -0.0711. The van der Waals surface area contributed by atoms with Crippen molar-refractivity contribution in [3.63, 3.8) is 0 Å². The maximum atomic E-state index is 12.1. The smallest absolute Gasteiger partial charge is 0.255 e. The van der Waals surface area contributed by atoms with Crippen LogP contribution in [-0.4, -0.2) is 29.2 Å². The average molecular weight is 369 g/mol. The van der Waals surface area contributed by atoms with Crippen molar-refractivity contribution in [3.8, 4) is 0 Å². The molecule has 0 saturated carbocycles. The summed E-state index contributed by atoms with van der Waals surface area (Å²) in [6.07, 6.45) is 0. The second-order valence-corrected chi connectivity index (χ2v) is 5.40. The normalized spacial score (nSPS) is 12.3. The van der Waals surface area contributed by atoms with Crippen LogP contribution in [0.25, 0.3) is 0 Å². The summed E-state index contributed by atoms with van der Waals surface area (Å²) in [4.78, 5) is 13.8. The topological polar surface area (TPSA) is 20.3 Å². The lowest BCUT2D eigenvalue weighted by Gasteiger charge is -2.23. The van der Waals surface area contributed by atoms with Gasteiger partial charge in [0.15, 0.2) is 0 Å². The summed E-state index contributed by atoms with van der Waals surface area (Å²) in [7, 11) is 1.77. The van der Waals surface area contributed by atoms with Crippen LogP contribution in [0.4, 0.5) is 0 Å². The molecule has 1 rings (SSSR count). The molecule has 0 aliphatic carbocycles. The maximum absolute atomic E-state index is 12.1. The fourth-order valence-electron chi connectivity index (χ4n) is 1.16. The molecule has 0 aromatic heterocycles. The summed E-state index contributed by atoms with van der Waals surface area (Å²) >= 11 is 12.7. The second-order valence-electron chi connectivity index (χ2n) is 3.52. The maximum Gasteiger partial charge on any atom is 0.255 e. The molecule has 1 atom stereocenters. The van der Waals surface area contributed by atoms with Gasteiger partial charge in [-0.25, -0.2) is 0 Å². The zero-order valence-electron chi connectivity index (χ0n) is 9.01. The van der Waals surface area contributed by atoms with Gasteiger partial charge in [0.05, 0.1) is 10.6 Å². The predicted molar refractivity (Wildman–Crippen MR) is 74.5 cm³/mol. The Hall–Kier alpha value is -0.0600. The van der Waals surface area contributed by atoms with E-state index in [0.29, 0.717) is 10.6 Å². The quantitative estimate of drug-likeness (QED) is 0.739. The third kappa shape index (κ3) is 2.99. The first-order valence-electron chi connectivity index (χ1n) is 4.76. The molecule has 0 spiro atoms. The number of hydrogen-bond acceptors (Lipinski definition) is 1. The number of hydrogen-bond donors (Lipinski definition) is 0. The summed E-state index contributed by atoms with van der Waals surface area (Å²) in [6, 6.07) is 5.47. The van der Waals surface area contributed by atoms with Crippen LogP contribution in [0, 0.1) is 0 Å². The van der Waals surface area contributed by atoms with Crippen molar-refractivity contribution in [3.05, 3.63) is 33.3 Å². The lowest BCUT2D eigenvalue weighted by atomic mass is 10.2. The van der Waals surface area contributed by atoms with E-state index in [1.807, 2.05) is 13.0 Å². The minimum absolute atomic E-state index is 0.0711. The number of benzene rings is 1. The van der Waals surface area contributed by atoms with Crippen LogP contribution in [0.3, 0.4) is 0 Å². The van der Waals surface area contributed by atoms with Crippen LogP contribution in [0.5, 0.6) is 0 Å². The number of nitrogens with zero attached hydrogens (tertiary/aromatic N) is 1. The van der Waals surface area contributed by atoms with Gasteiger partial charge < -0.3 is 4.90 Å². The molecule has 88 valence electrons. The van der Waals surface area contributed by atoms with Crippen molar-refractivity contribution >= 4 is 49.4 Å². The number of carbonyl (C=O) groups excluding carboxylic acids is 1. The molecule has 1 aromatic rings. The highest BCUT2D eigenvalue weighted by Crippen LogP contribution is 2.27. The summed E-state index contributed by atoms with van der Waals surface area (Å²) in [5, 5.41) is 1.20. The highest BCUT2D eigenvalue weighted by Gasteiger charge is 2.19. The van der Waals surface area contributed by atoms with Gasteiger partial charge in [-0.15, -0.1) is 0 Å². The minimum Gasteiger partial charge on any atom is -0.338 e. The molecule has 0 aliphatic heterocycles. The SMILES string of the molecule is CC(CBr)N(C)C(=O)c1cccc(Br)c1Cl. The summed E-state index contributed by atoms with van der Waals surface area (Å²) < 4.78 is 0.736. The van der Waals surface area contributed by atoms with Gasteiger partial charge in [0.2, 0.25) is 0 Å². The number of rotatable bonds is 3. The molecular formula is C11H12Br2ClNO. The highest BCUT2D eigenvalue weighted by atomic mass is 79.9. The first kappa shape index (κ1) is 14.0. The summed E-state index contributed by atoms with van der Waals surface area (Å²) in [5.41, 5.74) is 0.520. The van der Waals surface area contributed by atoms with E-state index in [4.69, 9.17) is 11.6 Å². The van der Waals surface area contributed by atoms with Gasteiger partial charge in [0, 0.05) is 22.9 Å². The molecule has 0 bridgehead atoms. The van der Waals surface area contributed by atoms with Gasteiger partial charge in [-0.05, 0) is 35.0 Å². The molecular weight excluding hydrogens is 357 g/mol. The van der Waals surface area contributed by atoms with Crippen LogP contribution in [0.15, 0.2) is 22.7 Å². The van der Waals surface area contributed by atoms with Crippen molar-refractivity contribution in [1.82, 2.24) is 4.90 Å². The molecule has 1 amide bonds. The first-order valence-corrected chi connectivity index (χ1v) is 7.05. The van der Waals surface area contributed by atoms with Gasteiger partial charge in [0.1, 0.15) is 0 Å². The van der Waals surface area contributed by atoms with Crippen molar-refractivity contribution in [1.29, 1.82) is 0 Å². The Morgan fingerprint density at radius 1 is 1.56 bits per heavy atom. The van der Waals surface area contributed by atoms with Crippen LogP contribution >= 0.6 is 43.5 Å². The third-order valence-corrected chi connectivity index (χ3v) is 4.62. The molecule has 0 radical (unpaired) electrons. The molecule has 1 aromatic carbocycles. The Balaban J connectivity index is 3.01. The Kier molecular flexibility index (Phi) is 5.28. The van der Waals surface area contributed by atoms with E-state index >= 15 is 0 Å². The molecule has 2 nitrogen and oxygen atoms in total. The Labute approximate surface area is 117 Å². The third-order valence-electron chi connectivity index (χ3n) is 2.39. The van der Waals surface area contributed by atoms with Crippen molar-refractivity contribution < 1.29 is 4.79 Å². The lowest BCUT2D eigenvalue weighted by molar-refractivity contribution is 0.0758. The average Bonchev–Trinajstić information content (AvgIpc) is 2.29. The van der Waals surface area contributed by atoms with Crippen LogP contribution in [-0.2, 0) is 0 Å². The molecule has 5 heteroatoms. The van der Waals surface area contributed by atoms with E-state index in [0.717, 1.165) is 9.80 Å². The van der Waals surface area contributed by atoms with Gasteiger partial charge in [-0.2, -0.15) is 0 Å². The monoisotopic (exact) mass is 367 g/mol. The number of amides is 1. The van der Waals surface area contributed by atoms with E-state index in [1.54, 1.807) is 24.1 Å². The number of halogens is 3. The summed E-state index contributed by atoms with van der Waals surface area (Å²) in [5.74, 6) is -0.0711. The Morgan fingerprint density at radius 3 is 2.75 bits per heavy atom. The van der Waals surface area contributed by atoms with Crippen molar-refractivity contribution in [2.45, 2.75) is 13.0 Å². The van der Waals surface area contributed by atoms with E-state index in [1.165, 1.54) is 0 Å². The summed E-state index contributed by atoms with van der Waals surface area (Å²) in [6.45, 7) is 1.97. The molecule has 0 heterocycles. The van der Waals surface area contributed by atoms with Gasteiger partial charge in [0.25, 0.3) is 5.91 Å². The fraction of sp³-hybridized carbons (Fsp3) is 0.364. The fourth-order valence-corrected chi connectivity index (χ4v) is 2.17. The molecule has 16 heavy (non-hydrogen) atoms. The second kappa shape index (κ2) is 6.03. The van der Waals surface area contributed by atoms with Gasteiger partial charge in [-0.1, -0.05) is 33.6 Å². The van der Waals surface area contributed by atoms with Crippen LogP contribution < -0.4 is 0 Å². The van der Waals surface area contributed by atoms with Gasteiger partial charge >= 0.3 is 0 Å². The van der Waals surface area contributed by atoms with Crippen molar-refractivity contribution in [2.75, 3.05) is 12.4 Å². The number of carbonyl (C=O) groups is 1. The van der Waals surface area contributed by atoms with E-state index in [2.05, 4.69) is 31.9 Å². The Morgan fingerprint density at radius 2 is 2.19 bits per heavy atom. The first-order chi connectivity index (χ1) is 7.49. The Bertz CT molecular complexity index is 398. The zero-order chi connectivity index (χ0) is 12.3. The van der Waals surface area contributed by atoms with Crippen LogP contribution in [0.2, 0.25) is 5.02 Å². The molecule has 0 aliphatic rings. The van der Waals surface area contributed by atoms with E-state index in [-0.39, 0.29) is 11.9 Å². The highest BCUT2D eigenvalue weighted by molar-refractivity contribution is 9.10. The standard InChI is InChI=1S/C11H12Br2ClNO/c1-7(6-12)15(2)11(16)8-4-3-5-9(13)10(8)14/h3-5,7H,6H2,1-2H3.